The molecule has 0 heterocycles. The second kappa shape index (κ2) is 7.96. The van der Waals surface area contributed by atoms with Crippen molar-refractivity contribution < 1.29 is 19.2 Å². The van der Waals surface area contributed by atoms with Crippen molar-refractivity contribution in [1.82, 2.24) is 0 Å². The summed E-state index contributed by atoms with van der Waals surface area (Å²) in [5.41, 5.74) is -0.0872. The number of rotatable bonds is 5. The molecule has 0 fully saturated rings. The van der Waals surface area contributed by atoms with Gasteiger partial charge in [-0.15, -0.1) is 0 Å². The van der Waals surface area contributed by atoms with E-state index in [-0.39, 0.29) is 27.0 Å². The van der Waals surface area contributed by atoms with Crippen LogP contribution in [0.15, 0.2) is 36.4 Å². The lowest BCUT2D eigenvalue weighted by atomic mass is 10.1. The van der Waals surface area contributed by atoms with Crippen LogP contribution in [0.4, 0.5) is 11.4 Å². The highest BCUT2D eigenvalue weighted by molar-refractivity contribution is 6.39. The fourth-order valence-corrected chi connectivity index (χ4v) is 2.56. The summed E-state index contributed by atoms with van der Waals surface area (Å²) in [5.74, 6) is -1.66. The summed E-state index contributed by atoms with van der Waals surface area (Å²) >= 11 is 11.8. The van der Waals surface area contributed by atoms with Crippen LogP contribution in [0.3, 0.4) is 0 Å². The highest BCUT2D eigenvalue weighted by atomic mass is 35.5. The van der Waals surface area contributed by atoms with Gasteiger partial charge in [-0.05, 0) is 25.1 Å². The zero-order valence-electron chi connectivity index (χ0n) is 12.9. The average molecular weight is 383 g/mol. The van der Waals surface area contributed by atoms with Crippen LogP contribution < -0.4 is 5.32 Å². The lowest BCUT2D eigenvalue weighted by Gasteiger charge is -2.10. The van der Waals surface area contributed by atoms with Crippen LogP contribution in [0.25, 0.3) is 0 Å². The van der Waals surface area contributed by atoms with E-state index >= 15 is 0 Å². The molecule has 2 aromatic carbocycles. The highest BCUT2D eigenvalue weighted by Gasteiger charge is 2.24. The Morgan fingerprint density at radius 1 is 1.16 bits per heavy atom. The van der Waals surface area contributed by atoms with E-state index in [9.17, 15) is 19.7 Å². The van der Waals surface area contributed by atoms with E-state index in [2.05, 4.69) is 5.32 Å². The molecule has 0 bridgehead atoms. The molecule has 2 rings (SSSR count). The van der Waals surface area contributed by atoms with Crippen molar-refractivity contribution in [2.24, 2.45) is 0 Å². The topological polar surface area (TPSA) is 98.5 Å². The Labute approximate surface area is 152 Å². The molecule has 2 aromatic rings. The van der Waals surface area contributed by atoms with E-state index in [1.807, 2.05) is 0 Å². The van der Waals surface area contributed by atoms with Gasteiger partial charge in [-0.25, -0.2) is 4.79 Å². The second-order valence-electron chi connectivity index (χ2n) is 4.95. The first-order valence-corrected chi connectivity index (χ1v) is 7.72. The smallest absolute Gasteiger partial charge is 0.345 e. The molecule has 0 radical (unpaired) electrons. The SMILES string of the molecule is Cc1cccc(C(=O)OCC(=O)Nc2c(Cl)cccc2Cl)c1[N+](=O)[O-]. The number of ether oxygens (including phenoxy) is 1. The molecule has 130 valence electrons. The van der Waals surface area contributed by atoms with Crippen LogP contribution in [0.5, 0.6) is 0 Å². The Morgan fingerprint density at radius 2 is 1.76 bits per heavy atom. The number of carbonyl (C=O) groups is 2. The Bertz CT molecular complexity index is 834. The van der Waals surface area contributed by atoms with Crippen LogP contribution in [0.1, 0.15) is 15.9 Å². The monoisotopic (exact) mass is 382 g/mol. The van der Waals surface area contributed by atoms with Gasteiger partial charge in [0.25, 0.3) is 11.6 Å². The number of hydrogen-bond acceptors (Lipinski definition) is 5. The zero-order chi connectivity index (χ0) is 18.6. The van der Waals surface area contributed by atoms with E-state index in [4.69, 9.17) is 27.9 Å². The maximum absolute atomic E-state index is 12.1. The third-order valence-electron chi connectivity index (χ3n) is 3.20. The Kier molecular flexibility index (Phi) is 5.95. The molecule has 0 spiro atoms. The zero-order valence-corrected chi connectivity index (χ0v) is 14.4. The van der Waals surface area contributed by atoms with Gasteiger partial charge in [-0.2, -0.15) is 0 Å². The lowest BCUT2D eigenvalue weighted by Crippen LogP contribution is -2.21. The number of nitrogens with zero attached hydrogens (tertiary/aromatic N) is 1. The summed E-state index contributed by atoms with van der Waals surface area (Å²) in [6.07, 6.45) is 0. The molecule has 0 aliphatic heterocycles. The number of nitrogens with one attached hydrogen (secondary N) is 1. The van der Waals surface area contributed by atoms with Crippen LogP contribution in [-0.4, -0.2) is 23.4 Å². The molecule has 25 heavy (non-hydrogen) atoms. The first kappa shape index (κ1) is 18.7. The quantitative estimate of drug-likeness (QED) is 0.478. The van der Waals surface area contributed by atoms with E-state index in [1.54, 1.807) is 6.07 Å². The van der Waals surface area contributed by atoms with Crippen molar-refractivity contribution in [3.8, 4) is 0 Å². The molecule has 0 aromatic heterocycles. The van der Waals surface area contributed by atoms with Gasteiger partial charge >= 0.3 is 5.97 Å². The number of carbonyl (C=O) groups excluding carboxylic acids is 2. The summed E-state index contributed by atoms with van der Waals surface area (Å²) in [7, 11) is 0. The molecule has 0 atom stereocenters. The number of para-hydroxylation sites is 2. The van der Waals surface area contributed by atoms with Crippen molar-refractivity contribution in [2.45, 2.75) is 6.92 Å². The number of anilines is 1. The predicted octanol–water partition coefficient (Wildman–Crippen LogP) is 4.01. The van der Waals surface area contributed by atoms with E-state index in [0.29, 0.717) is 5.56 Å². The fraction of sp³-hybridized carbons (Fsp3) is 0.125. The summed E-state index contributed by atoms with van der Waals surface area (Å²) < 4.78 is 4.85. The van der Waals surface area contributed by atoms with Crippen LogP contribution >= 0.6 is 23.2 Å². The summed E-state index contributed by atoms with van der Waals surface area (Å²) in [6, 6.07) is 8.92. The van der Waals surface area contributed by atoms with Crippen molar-refractivity contribution in [3.05, 3.63) is 67.7 Å². The van der Waals surface area contributed by atoms with Crippen molar-refractivity contribution >= 4 is 46.5 Å². The molecule has 1 N–H and O–H groups in total. The van der Waals surface area contributed by atoms with Gasteiger partial charge in [-0.1, -0.05) is 41.4 Å². The maximum atomic E-state index is 12.1. The number of halogens is 2. The van der Waals surface area contributed by atoms with E-state index in [0.717, 1.165) is 0 Å². The number of esters is 1. The fourth-order valence-electron chi connectivity index (χ4n) is 2.07. The molecule has 0 saturated carbocycles. The maximum Gasteiger partial charge on any atom is 0.345 e. The molecular weight excluding hydrogens is 371 g/mol. The van der Waals surface area contributed by atoms with Gasteiger partial charge in [0, 0.05) is 5.56 Å². The van der Waals surface area contributed by atoms with Gasteiger partial charge in [-0.3, -0.25) is 14.9 Å². The van der Waals surface area contributed by atoms with Crippen LogP contribution in [-0.2, 0) is 9.53 Å². The Balaban J connectivity index is 2.07. The number of nitro benzene ring substituents is 1. The summed E-state index contributed by atoms with van der Waals surface area (Å²) in [4.78, 5) is 34.4. The minimum absolute atomic E-state index is 0.188. The summed E-state index contributed by atoms with van der Waals surface area (Å²) in [5, 5.41) is 14.0. The first-order valence-electron chi connectivity index (χ1n) is 6.96. The number of hydrogen-bond donors (Lipinski definition) is 1. The number of amides is 1. The number of nitro groups is 1. The molecule has 9 heteroatoms. The molecule has 0 aliphatic carbocycles. The molecule has 0 unspecified atom stereocenters. The average Bonchev–Trinajstić information content (AvgIpc) is 2.55. The summed E-state index contributed by atoms with van der Waals surface area (Å²) in [6.45, 7) is 0.854. The van der Waals surface area contributed by atoms with Gasteiger partial charge in [0.1, 0.15) is 5.56 Å². The van der Waals surface area contributed by atoms with Gasteiger partial charge in [0.15, 0.2) is 6.61 Å². The molecule has 0 saturated heterocycles. The number of aryl methyl sites for hydroxylation is 1. The molecular formula is C16H12Cl2N2O5. The third kappa shape index (κ3) is 4.46. The van der Waals surface area contributed by atoms with Gasteiger partial charge < -0.3 is 10.1 Å². The second-order valence-corrected chi connectivity index (χ2v) is 5.76. The minimum Gasteiger partial charge on any atom is -0.452 e. The van der Waals surface area contributed by atoms with Crippen molar-refractivity contribution in [3.63, 3.8) is 0 Å². The van der Waals surface area contributed by atoms with Gasteiger partial charge in [0.05, 0.1) is 20.7 Å². The molecule has 7 nitrogen and oxygen atoms in total. The lowest BCUT2D eigenvalue weighted by molar-refractivity contribution is -0.385. The van der Waals surface area contributed by atoms with Crippen LogP contribution in [0.2, 0.25) is 10.0 Å². The van der Waals surface area contributed by atoms with E-state index < -0.39 is 23.4 Å². The molecule has 0 aliphatic rings. The predicted molar refractivity (Wildman–Crippen MR) is 93.2 cm³/mol. The first-order chi connectivity index (χ1) is 11.8. The largest absolute Gasteiger partial charge is 0.452 e. The Hall–Kier alpha value is -2.64. The van der Waals surface area contributed by atoms with Crippen LogP contribution in [0, 0.1) is 17.0 Å². The molecule has 1 amide bonds. The standard InChI is InChI=1S/C16H12Cl2N2O5/c1-9-4-2-5-10(15(9)20(23)24)16(22)25-8-13(21)19-14-11(17)6-3-7-12(14)18/h2-7H,8H2,1H3,(H,19,21). The third-order valence-corrected chi connectivity index (χ3v) is 3.83. The normalized spacial score (nSPS) is 10.2. The highest BCUT2D eigenvalue weighted by Crippen LogP contribution is 2.29. The number of benzene rings is 2. The minimum atomic E-state index is -0.976. The van der Waals surface area contributed by atoms with E-state index in [1.165, 1.54) is 37.3 Å². The Morgan fingerprint density at radius 3 is 2.36 bits per heavy atom. The van der Waals surface area contributed by atoms with Crippen molar-refractivity contribution in [2.75, 3.05) is 11.9 Å². The van der Waals surface area contributed by atoms with Crippen molar-refractivity contribution in [1.29, 1.82) is 0 Å². The van der Waals surface area contributed by atoms with Gasteiger partial charge in [0.2, 0.25) is 0 Å².